The van der Waals surface area contributed by atoms with Crippen molar-refractivity contribution in [2.75, 3.05) is 13.2 Å². The second kappa shape index (κ2) is 7.49. The molecule has 0 amide bonds. The number of nitrogens with one attached hydrogen (secondary N) is 1. The lowest BCUT2D eigenvalue weighted by atomic mass is 9.74. The van der Waals surface area contributed by atoms with Crippen LogP contribution in [0.2, 0.25) is 0 Å². The minimum atomic E-state index is 0.566. The molecule has 4 unspecified atom stereocenters. The quantitative estimate of drug-likeness (QED) is 0.778. The molecule has 1 saturated carbocycles. The van der Waals surface area contributed by atoms with Gasteiger partial charge >= 0.3 is 0 Å². The van der Waals surface area contributed by atoms with Crippen molar-refractivity contribution in [3.8, 4) is 0 Å². The standard InChI is InChI=1S/C16H31NO/c1-3-6-13-8-9-16(17-4-2)14(11-13)12-15-7-5-10-18-15/h13-17H,3-12H2,1-2H3. The van der Waals surface area contributed by atoms with Crippen LogP contribution < -0.4 is 5.32 Å². The SMILES string of the molecule is CCCC1CCC(NCC)C(CC2CCCO2)C1. The van der Waals surface area contributed by atoms with Crippen LogP contribution in [0.5, 0.6) is 0 Å². The molecule has 1 aliphatic carbocycles. The lowest BCUT2D eigenvalue weighted by molar-refractivity contribution is 0.0664. The molecule has 2 rings (SSSR count). The lowest BCUT2D eigenvalue weighted by Crippen LogP contribution is -2.41. The van der Waals surface area contributed by atoms with Crippen LogP contribution in [0.15, 0.2) is 0 Å². The maximum atomic E-state index is 5.85. The van der Waals surface area contributed by atoms with Gasteiger partial charge < -0.3 is 10.1 Å². The second-order valence-corrected chi connectivity index (χ2v) is 6.26. The third-order valence-corrected chi connectivity index (χ3v) is 4.84. The smallest absolute Gasteiger partial charge is 0.0579 e. The Morgan fingerprint density at radius 3 is 2.72 bits per heavy atom. The predicted octanol–water partition coefficient (Wildman–Crippen LogP) is 3.75. The van der Waals surface area contributed by atoms with E-state index in [1.807, 2.05) is 0 Å². The fourth-order valence-electron chi connectivity index (χ4n) is 3.99. The van der Waals surface area contributed by atoms with Crippen molar-refractivity contribution < 1.29 is 4.74 Å². The molecular formula is C16H31NO. The molecule has 2 fully saturated rings. The van der Waals surface area contributed by atoms with E-state index in [-0.39, 0.29) is 0 Å². The molecule has 0 bridgehead atoms. The van der Waals surface area contributed by atoms with Crippen LogP contribution in [0.1, 0.15) is 65.2 Å². The first-order valence-corrected chi connectivity index (χ1v) is 8.18. The first kappa shape index (κ1) is 14.3. The van der Waals surface area contributed by atoms with Crippen molar-refractivity contribution in [2.24, 2.45) is 11.8 Å². The summed E-state index contributed by atoms with van der Waals surface area (Å²) in [6.07, 6.45) is 11.5. The molecule has 2 aliphatic rings. The number of hydrogen-bond donors (Lipinski definition) is 1. The van der Waals surface area contributed by atoms with E-state index in [1.54, 1.807) is 0 Å². The summed E-state index contributed by atoms with van der Waals surface area (Å²) in [5.74, 6) is 1.84. The largest absolute Gasteiger partial charge is 0.378 e. The van der Waals surface area contributed by atoms with Crippen LogP contribution in [0.3, 0.4) is 0 Å². The third kappa shape index (κ3) is 3.96. The summed E-state index contributed by atoms with van der Waals surface area (Å²) in [5.41, 5.74) is 0. The summed E-state index contributed by atoms with van der Waals surface area (Å²) in [7, 11) is 0. The van der Waals surface area contributed by atoms with E-state index in [0.29, 0.717) is 6.10 Å². The van der Waals surface area contributed by atoms with Gasteiger partial charge in [-0.15, -0.1) is 0 Å². The van der Waals surface area contributed by atoms with Gasteiger partial charge in [0.2, 0.25) is 0 Å². The van der Waals surface area contributed by atoms with Crippen LogP contribution in [0, 0.1) is 11.8 Å². The maximum absolute atomic E-state index is 5.85. The normalized spacial score (nSPS) is 37.0. The highest BCUT2D eigenvalue weighted by molar-refractivity contribution is 4.86. The van der Waals surface area contributed by atoms with Gasteiger partial charge in [-0.25, -0.2) is 0 Å². The lowest BCUT2D eigenvalue weighted by Gasteiger charge is -2.37. The maximum Gasteiger partial charge on any atom is 0.0579 e. The minimum absolute atomic E-state index is 0.566. The van der Waals surface area contributed by atoms with Gasteiger partial charge in [-0.2, -0.15) is 0 Å². The summed E-state index contributed by atoms with van der Waals surface area (Å²) < 4.78 is 5.85. The van der Waals surface area contributed by atoms with Gasteiger partial charge in [0.25, 0.3) is 0 Å². The van der Waals surface area contributed by atoms with Crippen molar-refractivity contribution in [1.82, 2.24) is 5.32 Å². The molecule has 0 radical (unpaired) electrons. The highest BCUT2D eigenvalue weighted by Crippen LogP contribution is 2.36. The Balaban J connectivity index is 1.86. The number of hydrogen-bond acceptors (Lipinski definition) is 2. The molecule has 1 aliphatic heterocycles. The van der Waals surface area contributed by atoms with Gasteiger partial charge in [-0.3, -0.25) is 0 Å². The van der Waals surface area contributed by atoms with E-state index in [1.165, 1.54) is 51.4 Å². The van der Waals surface area contributed by atoms with Crippen molar-refractivity contribution in [3.63, 3.8) is 0 Å². The van der Waals surface area contributed by atoms with Crippen molar-refractivity contribution >= 4 is 0 Å². The van der Waals surface area contributed by atoms with E-state index in [4.69, 9.17) is 4.74 Å². The molecule has 18 heavy (non-hydrogen) atoms. The molecule has 0 aromatic rings. The van der Waals surface area contributed by atoms with Crippen LogP contribution in [-0.2, 0) is 4.74 Å². The summed E-state index contributed by atoms with van der Waals surface area (Å²) in [6, 6.07) is 0.757. The minimum Gasteiger partial charge on any atom is -0.378 e. The van der Waals surface area contributed by atoms with Gasteiger partial charge in [-0.1, -0.05) is 26.7 Å². The number of rotatable bonds is 6. The Morgan fingerprint density at radius 1 is 1.17 bits per heavy atom. The molecule has 0 aromatic carbocycles. The van der Waals surface area contributed by atoms with E-state index in [0.717, 1.165) is 31.0 Å². The Kier molecular flexibility index (Phi) is 5.97. The van der Waals surface area contributed by atoms with Crippen LogP contribution >= 0.6 is 0 Å². The van der Waals surface area contributed by atoms with Crippen molar-refractivity contribution in [3.05, 3.63) is 0 Å². The monoisotopic (exact) mass is 253 g/mol. The zero-order valence-corrected chi connectivity index (χ0v) is 12.3. The first-order valence-electron chi connectivity index (χ1n) is 8.18. The fraction of sp³-hybridized carbons (Fsp3) is 1.00. The summed E-state index contributed by atoms with van der Waals surface area (Å²) in [5, 5.41) is 3.72. The van der Waals surface area contributed by atoms with Gasteiger partial charge in [0.05, 0.1) is 6.10 Å². The van der Waals surface area contributed by atoms with E-state index >= 15 is 0 Å². The zero-order chi connectivity index (χ0) is 12.8. The zero-order valence-electron chi connectivity index (χ0n) is 12.3. The molecule has 1 saturated heterocycles. The summed E-state index contributed by atoms with van der Waals surface area (Å²) >= 11 is 0. The van der Waals surface area contributed by atoms with Crippen molar-refractivity contribution in [1.29, 1.82) is 0 Å². The average Bonchev–Trinajstić information content (AvgIpc) is 2.86. The highest BCUT2D eigenvalue weighted by Gasteiger charge is 2.32. The second-order valence-electron chi connectivity index (χ2n) is 6.26. The Bertz CT molecular complexity index is 225. The fourth-order valence-corrected chi connectivity index (χ4v) is 3.99. The molecule has 0 aromatic heterocycles. The van der Waals surface area contributed by atoms with E-state index in [9.17, 15) is 0 Å². The van der Waals surface area contributed by atoms with Crippen molar-refractivity contribution in [2.45, 2.75) is 77.4 Å². The van der Waals surface area contributed by atoms with E-state index in [2.05, 4.69) is 19.2 Å². The van der Waals surface area contributed by atoms with Crippen LogP contribution in [-0.4, -0.2) is 25.3 Å². The topological polar surface area (TPSA) is 21.3 Å². The predicted molar refractivity (Wildman–Crippen MR) is 76.8 cm³/mol. The molecule has 2 heteroatoms. The van der Waals surface area contributed by atoms with Crippen LogP contribution in [0.25, 0.3) is 0 Å². The molecule has 106 valence electrons. The molecule has 1 heterocycles. The number of ether oxygens (including phenoxy) is 1. The Hall–Kier alpha value is -0.0800. The van der Waals surface area contributed by atoms with Gasteiger partial charge in [0.1, 0.15) is 0 Å². The highest BCUT2D eigenvalue weighted by atomic mass is 16.5. The van der Waals surface area contributed by atoms with Crippen LogP contribution in [0.4, 0.5) is 0 Å². The Morgan fingerprint density at radius 2 is 2.06 bits per heavy atom. The molecule has 4 atom stereocenters. The molecule has 1 N–H and O–H groups in total. The summed E-state index contributed by atoms with van der Waals surface area (Å²) in [4.78, 5) is 0. The molecule has 0 spiro atoms. The third-order valence-electron chi connectivity index (χ3n) is 4.84. The molecular weight excluding hydrogens is 222 g/mol. The summed E-state index contributed by atoms with van der Waals surface area (Å²) in [6.45, 7) is 6.68. The average molecular weight is 253 g/mol. The van der Waals surface area contributed by atoms with E-state index < -0.39 is 0 Å². The molecule has 2 nitrogen and oxygen atoms in total. The van der Waals surface area contributed by atoms with Gasteiger partial charge in [0.15, 0.2) is 0 Å². The first-order chi connectivity index (χ1) is 8.83. The van der Waals surface area contributed by atoms with Gasteiger partial charge in [-0.05, 0) is 56.9 Å². The van der Waals surface area contributed by atoms with Gasteiger partial charge in [0, 0.05) is 12.6 Å². The Labute approximate surface area is 113 Å².